The second-order valence-electron chi connectivity index (χ2n) is 5.92. The van der Waals surface area contributed by atoms with Crippen LogP contribution >= 0.6 is 0 Å². The minimum atomic E-state index is -0.666. The first-order chi connectivity index (χ1) is 8.33. The zero-order chi connectivity index (χ0) is 13.8. The van der Waals surface area contributed by atoms with E-state index < -0.39 is 5.60 Å². The van der Waals surface area contributed by atoms with Crippen LogP contribution in [-0.4, -0.2) is 55.7 Å². The van der Waals surface area contributed by atoms with Crippen molar-refractivity contribution in [1.29, 1.82) is 0 Å². The van der Waals surface area contributed by atoms with Crippen LogP contribution in [0.1, 0.15) is 40.0 Å². The fourth-order valence-electron chi connectivity index (χ4n) is 2.34. The highest BCUT2D eigenvalue weighted by Crippen LogP contribution is 2.24. The lowest BCUT2D eigenvalue weighted by Crippen LogP contribution is -2.48. The Hall–Kier alpha value is -0.450. The van der Waals surface area contributed by atoms with Crippen LogP contribution in [0.2, 0.25) is 0 Å². The average Bonchev–Trinajstić information content (AvgIpc) is 2.36. The molecule has 1 rings (SSSR count). The van der Waals surface area contributed by atoms with Gasteiger partial charge in [0.05, 0.1) is 5.60 Å². The van der Waals surface area contributed by atoms with E-state index >= 15 is 0 Å². The largest absolute Gasteiger partial charge is 0.377 e. The van der Waals surface area contributed by atoms with E-state index in [2.05, 4.69) is 11.8 Å². The van der Waals surface area contributed by atoms with E-state index in [1.165, 1.54) is 0 Å². The van der Waals surface area contributed by atoms with Gasteiger partial charge in [-0.3, -0.25) is 4.79 Å². The fourth-order valence-corrected chi connectivity index (χ4v) is 2.34. The van der Waals surface area contributed by atoms with Crippen molar-refractivity contribution in [1.82, 2.24) is 4.90 Å². The Morgan fingerprint density at radius 1 is 1.39 bits per heavy atom. The minimum Gasteiger partial charge on any atom is -0.377 e. The number of carbonyl (C=O) groups excluding carboxylic acids is 1. The van der Waals surface area contributed by atoms with Gasteiger partial charge in [0.1, 0.15) is 5.60 Å². The van der Waals surface area contributed by atoms with Gasteiger partial charge in [0.2, 0.25) is 0 Å². The summed E-state index contributed by atoms with van der Waals surface area (Å²) in [5.41, 5.74) is -0.724. The van der Waals surface area contributed by atoms with E-state index in [0.717, 1.165) is 32.5 Å². The zero-order valence-corrected chi connectivity index (χ0v) is 12.4. The molecule has 0 saturated carbocycles. The molecule has 106 valence electrons. The van der Waals surface area contributed by atoms with Crippen molar-refractivity contribution in [3.8, 4) is 0 Å². The number of likely N-dealkylation sites (tertiary alicyclic amines) is 1. The molecule has 0 radical (unpaired) electrons. The number of hydrogen-bond donors (Lipinski definition) is 0. The van der Waals surface area contributed by atoms with Crippen LogP contribution in [0, 0.1) is 0 Å². The van der Waals surface area contributed by atoms with Gasteiger partial charge >= 0.3 is 0 Å². The maximum atomic E-state index is 12.0. The van der Waals surface area contributed by atoms with Crippen molar-refractivity contribution >= 4 is 5.78 Å². The summed E-state index contributed by atoms with van der Waals surface area (Å²) in [6.07, 6.45) is 2.77. The van der Waals surface area contributed by atoms with Gasteiger partial charge < -0.3 is 14.4 Å². The molecule has 18 heavy (non-hydrogen) atoms. The predicted octanol–water partition coefficient (Wildman–Crippen LogP) is 1.87. The van der Waals surface area contributed by atoms with Crippen molar-refractivity contribution < 1.29 is 14.3 Å². The van der Waals surface area contributed by atoms with Gasteiger partial charge in [-0.15, -0.1) is 0 Å². The Labute approximate surface area is 111 Å². The van der Waals surface area contributed by atoms with E-state index in [9.17, 15) is 4.79 Å². The minimum absolute atomic E-state index is 0.0575. The van der Waals surface area contributed by atoms with Gasteiger partial charge in [-0.25, -0.2) is 0 Å². The number of nitrogens with zero attached hydrogens (tertiary/aromatic N) is 1. The molecule has 1 aliphatic rings. The summed E-state index contributed by atoms with van der Waals surface area (Å²) in [5.74, 6) is 0.162. The summed E-state index contributed by atoms with van der Waals surface area (Å²) in [5, 5.41) is 0. The van der Waals surface area contributed by atoms with Crippen LogP contribution in [-0.2, 0) is 14.3 Å². The van der Waals surface area contributed by atoms with Gasteiger partial charge in [-0.2, -0.15) is 0 Å². The molecule has 1 atom stereocenters. The second kappa shape index (κ2) is 6.13. The van der Waals surface area contributed by atoms with Crippen LogP contribution < -0.4 is 0 Å². The first kappa shape index (κ1) is 15.6. The van der Waals surface area contributed by atoms with Crippen LogP contribution in [0.3, 0.4) is 0 Å². The Morgan fingerprint density at radius 3 is 2.61 bits per heavy atom. The van der Waals surface area contributed by atoms with Crippen molar-refractivity contribution in [3.63, 3.8) is 0 Å². The predicted molar refractivity (Wildman–Crippen MR) is 71.8 cm³/mol. The van der Waals surface area contributed by atoms with Gasteiger partial charge in [0, 0.05) is 33.7 Å². The van der Waals surface area contributed by atoms with Crippen molar-refractivity contribution in [2.24, 2.45) is 0 Å². The highest BCUT2D eigenvalue weighted by atomic mass is 16.5. The van der Waals surface area contributed by atoms with Crippen LogP contribution in [0.15, 0.2) is 0 Å². The Kier molecular flexibility index (Phi) is 5.32. The topological polar surface area (TPSA) is 38.8 Å². The molecular formula is C14H27NO3. The molecule has 0 aromatic carbocycles. The molecule has 0 amide bonds. The van der Waals surface area contributed by atoms with E-state index in [1.54, 1.807) is 14.2 Å². The van der Waals surface area contributed by atoms with Crippen LogP contribution in [0.25, 0.3) is 0 Å². The van der Waals surface area contributed by atoms with Gasteiger partial charge in [0.25, 0.3) is 0 Å². The van der Waals surface area contributed by atoms with E-state index in [4.69, 9.17) is 9.47 Å². The molecule has 0 spiro atoms. The quantitative estimate of drug-likeness (QED) is 0.728. The third-order valence-corrected chi connectivity index (χ3v) is 4.07. The molecule has 1 unspecified atom stereocenters. The lowest BCUT2D eigenvalue weighted by Gasteiger charge is -2.39. The number of ketones is 1. The molecule has 1 aliphatic heterocycles. The molecule has 0 aromatic rings. The highest BCUT2D eigenvalue weighted by Gasteiger charge is 2.32. The van der Waals surface area contributed by atoms with E-state index in [-0.39, 0.29) is 11.4 Å². The number of methoxy groups -OCH3 is 2. The molecule has 4 heteroatoms. The summed E-state index contributed by atoms with van der Waals surface area (Å²) in [4.78, 5) is 14.3. The summed E-state index contributed by atoms with van der Waals surface area (Å²) >= 11 is 0. The smallest absolute Gasteiger partial charge is 0.165 e. The molecule has 4 nitrogen and oxygen atoms in total. The highest BCUT2D eigenvalue weighted by molar-refractivity contribution is 5.86. The summed E-state index contributed by atoms with van der Waals surface area (Å²) < 4.78 is 10.8. The third-order valence-electron chi connectivity index (χ3n) is 4.07. The van der Waals surface area contributed by atoms with Gasteiger partial charge in [-0.05, 0) is 40.2 Å². The molecule has 0 aromatic heterocycles. The lowest BCUT2D eigenvalue weighted by atomic mass is 9.94. The SMILES string of the molecule is COC1(C)CCCN(CCC(=O)C(C)(C)OC)C1. The number of piperidine rings is 1. The first-order valence-corrected chi connectivity index (χ1v) is 6.69. The standard InChI is InChI=1S/C14H27NO3/c1-13(2,17-4)12(16)7-10-15-9-6-8-14(3,11-15)18-5/h6-11H2,1-5H3. The molecule has 1 saturated heterocycles. The van der Waals surface area contributed by atoms with Crippen molar-refractivity contribution in [3.05, 3.63) is 0 Å². The van der Waals surface area contributed by atoms with Crippen LogP contribution in [0.4, 0.5) is 0 Å². The van der Waals surface area contributed by atoms with Crippen molar-refractivity contribution in [2.45, 2.75) is 51.2 Å². The summed E-state index contributed by atoms with van der Waals surface area (Å²) in [7, 11) is 3.35. The fraction of sp³-hybridized carbons (Fsp3) is 0.929. The van der Waals surface area contributed by atoms with E-state index in [1.807, 2.05) is 13.8 Å². The number of Topliss-reactive ketones (excluding diaryl/α,β-unsaturated/α-hetero) is 1. The maximum Gasteiger partial charge on any atom is 0.165 e. The molecule has 0 N–H and O–H groups in total. The number of ether oxygens (including phenoxy) is 2. The zero-order valence-electron chi connectivity index (χ0n) is 12.4. The molecule has 0 aliphatic carbocycles. The van der Waals surface area contributed by atoms with Crippen LogP contribution in [0.5, 0.6) is 0 Å². The number of hydrogen-bond acceptors (Lipinski definition) is 4. The van der Waals surface area contributed by atoms with E-state index in [0.29, 0.717) is 6.42 Å². The van der Waals surface area contributed by atoms with Gasteiger partial charge in [0.15, 0.2) is 5.78 Å². The Bertz CT molecular complexity index is 291. The number of rotatable bonds is 6. The van der Waals surface area contributed by atoms with Gasteiger partial charge in [-0.1, -0.05) is 0 Å². The molecule has 1 fully saturated rings. The third kappa shape index (κ3) is 4.04. The maximum absolute atomic E-state index is 12.0. The summed E-state index contributed by atoms with van der Waals surface area (Å²) in [6, 6.07) is 0. The molecule has 0 bridgehead atoms. The normalized spacial score (nSPS) is 26.3. The Morgan fingerprint density at radius 2 is 2.06 bits per heavy atom. The second-order valence-corrected chi connectivity index (χ2v) is 5.92. The lowest BCUT2D eigenvalue weighted by molar-refractivity contribution is -0.138. The molecular weight excluding hydrogens is 230 g/mol. The first-order valence-electron chi connectivity index (χ1n) is 6.69. The Balaban J connectivity index is 2.42. The number of carbonyl (C=O) groups is 1. The van der Waals surface area contributed by atoms with Crippen molar-refractivity contribution in [2.75, 3.05) is 33.9 Å². The average molecular weight is 257 g/mol. The monoisotopic (exact) mass is 257 g/mol. The summed E-state index contributed by atoms with van der Waals surface area (Å²) in [6.45, 7) is 8.55. The molecule has 1 heterocycles.